The van der Waals surface area contributed by atoms with Gasteiger partial charge in [0.05, 0.1) is 25.1 Å². The van der Waals surface area contributed by atoms with E-state index in [1.807, 2.05) is 0 Å². The molecule has 1 aliphatic heterocycles. The largest absolute Gasteiger partial charge is 0.310 e. The van der Waals surface area contributed by atoms with E-state index >= 15 is 0 Å². The lowest BCUT2D eigenvalue weighted by atomic mass is 9.89. The average Bonchev–Trinajstić information content (AvgIpc) is 3.52. The maximum absolute atomic E-state index is 2.54. The molecule has 4 heteroatoms. The van der Waals surface area contributed by atoms with Crippen molar-refractivity contribution in [2.24, 2.45) is 0 Å². The zero-order chi connectivity index (χ0) is 42.3. The van der Waals surface area contributed by atoms with E-state index < -0.39 is 16.1 Å². The average molecular weight is 831 g/mol. The molecule has 0 saturated heterocycles. The van der Waals surface area contributed by atoms with Crippen molar-refractivity contribution in [1.29, 1.82) is 0 Å². The Hall–Kier alpha value is -6.73. The van der Waals surface area contributed by atoms with E-state index in [9.17, 15) is 0 Å². The van der Waals surface area contributed by atoms with Gasteiger partial charge in [-0.2, -0.15) is 0 Å². The van der Waals surface area contributed by atoms with Crippen LogP contribution < -0.4 is 25.4 Å². The predicted molar refractivity (Wildman–Crippen MR) is 275 cm³/mol. The number of para-hydroxylation sites is 3. The number of aryl methyl sites for hydroxylation is 1. The third-order valence-electron chi connectivity index (χ3n) is 13.4. The number of anilines is 6. The fraction of sp³-hybridized carbons (Fsp3) is 0.103. The van der Waals surface area contributed by atoms with Gasteiger partial charge in [-0.25, -0.2) is 0 Å². The molecule has 0 N–H and O–H groups in total. The summed E-state index contributed by atoms with van der Waals surface area (Å²) in [6, 6.07) is 72.7. The zero-order valence-electron chi connectivity index (χ0n) is 36.4. The molecule has 2 nitrogen and oxygen atoms in total. The first-order chi connectivity index (χ1) is 30.1. The van der Waals surface area contributed by atoms with Gasteiger partial charge in [0.15, 0.2) is 0 Å². The van der Waals surface area contributed by atoms with Crippen LogP contribution in [0.1, 0.15) is 5.56 Å². The van der Waals surface area contributed by atoms with E-state index in [1.54, 1.807) is 0 Å². The lowest BCUT2D eigenvalue weighted by molar-refractivity contribution is 1.29. The summed E-state index contributed by atoms with van der Waals surface area (Å²) in [5, 5.41) is 12.4. The fourth-order valence-corrected chi connectivity index (χ4v) is 15.2. The lowest BCUT2D eigenvalue weighted by Crippen LogP contribution is -2.49. The van der Waals surface area contributed by atoms with Crippen molar-refractivity contribution in [3.8, 4) is 22.3 Å². The van der Waals surface area contributed by atoms with E-state index in [1.165, 1.54) is 98.4 Å². The summed E-state index contributed by atoms with van der Waals surface area (Å²) in [6.07, 6.45) is 0. The van der Waals surface area contributed by atoms with Crippen LogP contribution in [-0.2, 0) is 0 Å². The second-order valence-corrected chi connectivity index (χ2v) is 28.0. The van der Waals surface area contributed by atoms with Crippen molar-refractivity contribution in [2.45, 2.75) is 39.7 Å². The molecule has 300 valence electrons. The molecule has 0 unspecified atom stereocenters. The van der Waals surface area contributed by atoms with Gasteiger partial charge in [-0.3, -0.25) is 0 Å². The van der Waals surface area contributed by atoms with Crippen LogP contribution >= 0.6 is 0 Å². The summed E-state index contributed by atoms with van der Waals surface area (Å²) in [5.74, 6) is 0. The summed E-state index contributed by atoms with van der Waals surface area (Å²) in [4.78, 5) is 5.05. The maximum Gasteiger partial charge on any atom is 0.113 e. The molecule has 0 bridgehead atoms. The number of nitrogens with zero attached hydrogens (tertiary/aromatic N) is 2. The Morgan fingerprint density at radius 1 is 0.387 bits per heavy atom. The highest BCUT2D eigenvalue weighted by Gasteiger charge is 2.38. The van der Waals surface area contributed by atoms with Crippen molar-refractivity contribution >= 4 is 98.1 Å². The molecule has 10 aromatic rings. The first-order valence-corrected chi connectivity index (χ1v) is 28.4. The Labute approximate surface area is 367 Å². The molecular weight excluding hydrogens is 781 g/mol. The summed E-state index contributed by atoms with van der Waals surface area (Å²) in [6.45, 7) is 14.8. The van der Waals surface area contributed by atoms with Crippen molar-refractivity contribution < 1.29 is 0 Å². The van der Waals surface area contributed by atoms with E-state index in [0.29, 0.717) is 0 Å². The Kier molecular flexibility index (Phi) is 8.90. The highest BCUT2D eigenvalue weighted by atomic mass is 28.3. The zero-order valence-corrected chi connectivity index (χ0v) is 38.4. The van der Waals surface area contributed by atoms with Crippen molar-refractivity contribution in [3.63, 3.8) is 0 Å². The standard InChI is InChI=1S/C58H50N2Si2/c1-39-36-52(59(41-22-12-8-13-23-41)43-30-31-47-46-27-17-19-29-54(46)62(5,6)56(47)37-43)48-34-35-50-55(61(2,3)4)38-53(49-33-32-44(39)57(48)58(49)50)60(42-24-14-9-15-25-42)51-28-18-16-26-45(51)40-20-10-7-11-21-40/h7-38H,1-6H3. The molecule has 0 saturated carbocycles. The summed E-state index contributed by atoms with van der Waals surface area (Å²) < 4.78 is 0. The molecule has 0 spiro atoms. The number of hydrogen-bond donors (Lipinski definition) is 0. The first-order valence-electron chi connectivity index (χ1n) is 21.9. The highest BCUT2D eigenvalue weighted by Crippen LogP contribution is 2.49. The van der Waals surface area contributed by atoms with Crippen LogP contribution in [0.2, 0.25) is 32.7 Å². The van der Waals surface area contributed by atoms with Gasteiger partial charge in [-0.1, -0.05) is 177 Å². The van der Waals surface area contributed by atoms with E-state index in [-0.39, 0.29) is 0 Å². The van der Waals surface area contributed by atoms with Crippen LogP contribution in [0, 0.1) is 6.92 Å². The smallest absolute Gasteiger partial charge is 0.113 e. The topological polar surface area (TPSA) is 6.48 Å². The number of benzene rings is 10. The molecule has 0 aromatic heterocycles. The van der Waals surface area contributed by atoms with Crippen molar-refractivity contribution in [3.05, 3.63) is 200 Å². The minimum Gasteiger partial charge on any atom is -0.310 e. The quantitative estimate of drug-likeness (QED) is 0.111. The van der Waals surface area contributed by atoms with E-state index in [4.69, 9.17) is 0 Å². The van der Waals surface area contributed by atoms with Crippen molar-refractivity contribution in [2.75, 3.05) is 9.80 Å². The molecule has 1 aliphatic rings. The van der Waals surface area contributed by atoms with Crippen molar-refractivity contribution in [1.82, 2.24) is 0 Å². The first kappa shape index (κ1) is 38.2. The van der Waals surface area contributed by atoms with Gasteiger partial charge in [-0.15, -0.1) is 0 Å². The van der Waals surface area contributed by atoms with Gasteiger partial charge < -0.3 is 9.80 Å². The van der Waals surface area contributed by atoms with Crippen LogP contribution in [0.3, 0.4) is 0 Å². The minimum absolute atomic E-state index is 1.14. The van der Waals surface area contributed by atoms with Crippen LogP contribution in [0.4, 0.5) is 34.1 Å². The van der Waals surface area contributed by atoms with Crippen LogP contribution in [0.15, 0.2) is 194 Å². The monoisotopic (exact) mass is 830 g/mol. The Morgan fingerprint density at radius 2 is 0.903 bits per heavy atom. The van der Waals surface area contributed by atoms with Gasteiger partial charge in [0, 0.05) is 33.4 Å². The van der Waals surface area contributed by atoms with Crippen LogP contribution in [0.5, 0.6) is 0 Å². The van der Waals surface area contributed by atoms with E-state index in [2.05, 4.69) is 244 Å². The molecule has 1 heterocycles. The SMILES string of the molecule is Cc1cc(N(c2ccccc2)c2ccc3c(c2)[Si](C)(C)c2ccccc2-3)c2ccc3c([Si](C)(C)C)cc(N(c4ccccc4)c4ccccc4-c4ccccc4)c4ccc1c2c43. The minimum atomic E-state index is -1.93. The molecule has 0 atom stereocenters. The molecule has 0 fully saturated rings. The maximum atomic E-state index is 2.54. The summed E-state index contributed by atoms with van der Waals surface area (Å²) in [5.41, 5.74) is 13.6. The number of hydrogen-bond acceptors (Lipinski definition) is 2. The fourth-order valence-electron chi connectivity index (χ4n) is 10.5. The lowest BCUT2D eigenvalue weighted by Gasteiger charge is -2.33. The third kappa shape index (κ3) is 5.96. The van der Waals surface area contributed by atoms with Gasteiger partial charge >= 0.3 is 0 Å². The molecule has 0 radical (unpaired) electrons. The second-order valence-electron chi connectivity index (χ2n) is 18.6. The Bertz CT molecular complexity index is 3310. The molecule has 0 aliphatic carbocycles. The Morgan fingerprint density at radius 3 is 1.58 bits per heavy atom. The summed E-state index contributed by atoms with van der Waals surface area (Å²) >= 11 is 0. The number of rotatable bonds is 8. The Balaban J connectivity index is 1.21. The third-order valence-corrected chi connectivity index (χ3v) is 19.0. The highest BCUT2D eigenvalue weighted by molar-refractivity contribution is 7.03. The summed E-state index contributed by atoms with van der Waals surface area (Å²) in [7, 11) is -3.85. The number of fused-ring (bicyclic) bond motifs is 3. The van der Waals surface area contributed by atoms with Crippen LogP contribution in [0.25, 0.3) is 54.6 Å². The molecule has 0 amide bonds. The second kappa shape index (κ2) is 14.4. The normalized spacial score (nSPS) is 13.1. The van der Waals surface area contributed by atoms with Gasteiger partial charge in [0.2, 0.25) is 0 Å². The van der Waals surface area contributed by atoms with Gasteiger partial charge in [0.1, 0.15) is 8.07 Å². The van der Waals surface area contributed by atoms with Crippen LogP contribution in [-0.4, -0.2) is 16.1 Å². The van der Waals surface area contributed by atoms with Gasteiger partial charge in [-0.05, 0) is 116 Å². The molecule has 62 heavy (non-hydrogen) atoms. The van der Waals surface area contributed by atoms with Gasteiger partial charge in [0.25, 0.3) is 0 Å². The molecule has 10 aromatic carbocycles. The van der Waals surface area contributed by atoms with E-state index in [0.717, 1.165) is 11.4 Å². The predicted octanol–water partition coefficient (Wildman–Crippen LogP) is 14.8. The molecule has 11 rings (SSSR count). The molecular formula is C58H50N2Si2.